The summed E-state index contributed by atoms with van der Waals surface area (Å²) in [5.74, 6) is -1.46. The first-order valence-corrected chi connectivity index (χ1v) is 9.01. The maximum absolute atomic E-state index is 12.4. The van der Waals surface area contributed by atoms with E-state index in [1.807, 2.05) is 0 Å². The van der Waals surface area contributed by atoms with Crippen molar-refractivity contribution in [2.75, 3.05) is 26.4 Å². The fraction of sp³-hybridized carbons (Fsp3) is 0.944. The summed E-state index contributed by atoms with van der Waals surface area (Å²) in [6, 6.07) is 0. The van der Waals surface area contributed by atoms with Crippen LogP contribution < -0.4 is 0 Å². The van der Waals surface area contributed by atoms with Gasteiger partial charge in [-0.25, -0.2) is 0 Å². The summed E-state index contributed by atoms with van der Waals surface area (Å²) in [6.45, 7) is 10.2. The number of hydrogen-bond donors (Lipinski definition) is 1. The SMILES string of the molecule is CCCCOC[C@@]1(C(C)=O)OC[C@@H](OC(C)(C)O)C1OCCCC. The Bertz CT molecular complexity index is 378. The Hall–Kier alpha value is -0.530. The van der Waals surface area contributed by atoms with Gasteiger partial charge in [0.15, 0.2) is 17.2 Å². The molecule has 1 aliphatic heterocycles. The summed E-state index contributed by atoms with van der Waals surface area (Å²) in [5, 5.41) is 9.97. The van der Waals surface area contributed by atoms with Gasteiger partial charge in [-0.15, -0.1) is 0 Å². The van der Waals surface area contributed by atoms with Gasteiger partial charge in [-0.05, 0) is 33.6 Å². The van der Waals surface area contributed by atoms with E-state index >= 15 is 0 Å². The van der Waals surface area contributed by atoms with Crippen molar-refractivity contribution in [1.29, 1.82) is 0 Å². The lowest BCUT2D eigenvalue weighted by molar-refractivity contribution is -0.226. The Morgan fingerprint density at radius 3 is 2.42 bits per heavy atom. The molecule has 1 heterocycles. The van der Waals surface area contributed by atoms with Gasteiger partial charge in [0.2, 0.25) is 0 Å². The Balaban J connectivity index is 2.88. The number of carbonyl (C=O) groups excluding carboxylic acids is 1. The Labute approximate surface area is 145 Å². The molecule has 142 valence electrons. The second-order valence-electron chi connectivity index (χ2n) is 6.91. The van der Waals surface area contributed by atoms with Crippen molar-refractivity contribution >= 4 is 5.78 Å². The van der Waals surface area contributed by atoms with Crippen LogP contribution in [0.15, 0.2) is 0 Å². The predicted molar refractivity (Wildman–Crippen MR) is 90.9 cm³/mol. The second kappa shape index (κ2) is 9.82. The first-order valence-electron chi connectivity index (χ1n) is 9.01. The summed E-state index contributed by atoms with van der Waals surface area (Å²) in [4.78, 5) is 12.4. The lowest BCUT2D eigenvalue weighted by Crippen LogP contribution is -2.55. The van der Waals surface area contributed by atoms with Crippen molar-refractivity contribution in [1.82, 2.24) is 0 Å². The summed E-state index contributed by atoms with van der Waals surface area (Å²) in [6.07, 6.45) is 2.73. The molecule has 1 unspecified atom stereocenters. The molecule has 6 nitrogen and oxygen atoms in total. The number of carbonyl (C=O) groups is 1. The molecule has 0 amide bonds. The minimum Gasteiger partial charge on any atom is -0.378 e. The molecule has 0 radical (unpaired) electrons. The molecule has 0 aliphatic carbocycles. The number of ether oxygens (including phenoxy) is 4. The molecule has 6 heteroatoms. The minimum atomic E-state index is -1.32. The van der Waals surface area contributed by atoms with E-state index in [1.54, 1.807) is 13.8 Å². The standard InChI is InChI=1S/C18H34O6/c1-6-8-10-21-13-18(14(3)19)16(22-11-9-7-2)15(12-23-18)24-17(4,5)20/h15-16,20H,6-13H2,1-5H3/t15-,16?,18+/m1/s1. The van der Waals surface area contributed by atoms with E-state index in [-0.39, 0.29) is 19.0 Å². The van der Waals surface area contributed by atoms with E-state index < -0.39 is 23.6 Å². The highest BCUT2D eigenvalue weighted by Gasteiger charge is 2.56. The molecule has 1 N–H and O–H groups in total. The predicted octanol–water partition coefficient (Wildman–Crippen LogP) is 2.46. The topological polar surface area (TPSA) is 74.2 Å². The molecule has 24 heavy (non-hydrogen) atoms. The largest absolute Gasteiger partial charge is 0.378 e. The van der Waals surface area contributed by atoms with Gasteiger partial charge in [0.1, 0.15) is 12.2 Å². The molecular formula is C18H34O6. The molecule has 1 rings (SSSR count). The quantitative estimate of drug-likeness (QED) is 0.432. The van der Waals surface area contributed by atoms with E-state index in [0.29, 0.717) is 13.2 Å². The van der Waals surface area contributed by atoms with Gasteiger partial charge < -0.3 is 24.1 Å². The van der Waals surface area contributed by atoms with Crippen LogP contribution in [-0.4, -0.2) is 60.9 Å². The van der Waals surface area contributed by atoms with Crippen molar-refractivity contribution in [3.8, 4) is 0 Å². The van der Waals surface area contributed by atoms with E-state index in [0.717, 1.165) is 25.7 Å². The zero-order valence-electron chi connectivity index (χ0n) is 15.8. The van der Waals surface area contributed by atoms with Crippen molar-refractivity contribution in [2.45, 2.75) is 83.9 Å². The van der Waals surface area contributed by atoms with Gasteiger partial charge in [-0.3, -0.25) is 4.79 Å². The third-order valence-electron chi connectivity index (χ3n) is 4.09. The molecule has 0 saturated carbocycles. The summed E-state index contributed by atoms with van der Waals surface area (Å²) in [7, 11) is 0. The Morgan fingerprint density at radius 1 is 1.25 bits per heavy atom. The van der Waals surface area contributed by atoms with E-state index in [2.05, 4.69) is 13.8 Å². The monoisotopic (exact) mass is 346 g/mol. The highest BCUT2D eigenvalue weighted by molar-refractivity contribution is 5.86. The fourth-order valence-corrected chi connectivity index (χ4v) is 2.76. The minimum absolute atomic E-state index is 0.137. The van der Waals surface area contributed by atoms with Crippen molar-refractivity contribution in [3.63, 3.8) is 0 Å². The summed E-state index contributed by atoms with van der Waals surface area (Å²) < 4.78 is 23.2. The van der Waals surface area contributed by atoms with Crippen LogP contribution in [0.3, 0.4) is 0 Å². The first-order chi connectivity index (χ1) is 11.3. The Kier molecular flexibility index (Phi) is 8.81. The summed E-state index contributed by atoms with van der Waals surface area (Å²) >= 11 is 0. The molecule has 1 fully saturated rings. The maximum Gasteiger partial charge on any atom is 0.177 e. The number of ketones is 1. The van der Waals surface area contributed by atoms with Gasteiger partial charge in [0.05, 0.1) is 13.2 Å². The first kappa shape index (κ1) is 21.5. The lowest BCUT2D eigenvalue weighted by atomic mass is 9.91. The van der Waals surface area contributed by atoms with Crippen LogP contribution in [0.4, 0.5) is 0 Å². The Morgan fingerprint density at radius 2 is 1.88 bits per heavy atom. The van der Waals surface area contributed by atoms with Crippen LogP contribution in [-0.2, 0) is 23.7 Å². The van der Waals surface area contributed by atoms with Crippen LogP contribution in [0.1, 0.15) is 60.3 Å². The highest BCUT2D eigenvalue weighted by atomic mass is 16.7. The number of rotatable bonds is 12. The number of unbranched alkanes of at least 4 members (excludes halogenated alkanes) is 2. The normalized spacial score (nSPS) is 27.6. The van der Waals surface area contributed by atoms with Crippen LogP contribution in [0, 0.1) is 0 Å². The summed E-state index contributed by atoms with van der Waals surface area (Å²) in [5.41, 5.74) is -1.17. The number of Topliss-reactive ketones (excluding diaryl/α,β-unsaturated/α-hetero) is 1. The molecular weight excluding hydrogens is 312 g/mol. The van der Waals surface area contributed by atoms with Crippen molar-refractivity contribution in [3.05, 3.63) is 0 Å². The zero-order valence-corrected chi connectivity index (χ0v) is 15.8. The van der Waals surface area contributed by atoms with Crippen molar-refractivity contribution < 1.29 is 28.8 Å². The maximum atomic E-state index is 12.4. The molecule has 0 aromatic heterocycles. The van der Waals surface area contributed by atoms with E-state index in [4.69, 9.17) is 18.9 Å². The van der Waals surface area contributed by atoms with Gasteiger partial charge >= 0.3 is 0 Å². The second-order valence-corrected chi connectivity index (χ2v) is 6.91. The van der Waals surface area contributed by atoms with Gasteiger partial charge in [-0.1, -0.05) is 26.7 Å². The lowest BCUT2D eigenvalue weighted by Gasteiger charge is -2.34. The van der Waals surface area contributed by atoms with Gasteiger partial charge in [0.25, 0.3) is 0 Å². The van der Waals surface area contributed by atoms with E-state index in [1.165, 1.54) is 6.92 Å². The number of hydrogen-bond acceptors (Lipinski definition) is 6. The van der Waals surface area contributed by atoms with Gasteiger partial charge in [0, 0.05) is 13.2 Å². The fourth-order valence-electron chi connectivity index (χ4n) is 2.76. The number of aliphatic hydroxyl groups is 1. The van der Waals surface area contributed by atoms with Crippen LogP contribution in [0.2, 0.25) is 0 Å². The van der Waals surface area contributed by atoms with Crippen molar-refractivity contribution in [2.24, 2.45) is 0 Å². The van der Waals surface area contributed by atoms with Gasteiger partial charge in [-0.2, -0.15) is 0 Å². The average Bonchev–Trinajstić information content (AvgIpc) is 2.82. The van der Waals surface area contributed by atoms with E-state index in [9.17, 15) is 9.90 Å². The average molecular weight is 346 g/mol. The third kappa shape index (κ3) is 6.08. The highest BCUT2D eigenvalue weighted by Crippen LogP contribution is 2.34. The molecule has 1 saturated heterocycles. The van der Waals surface area contributed by atoms with Crippen LogP contribution in [0.25, 0.3) is 0 Å². The van der Waals surface area contributed by atoms with Crippen LogP contribution >= 0.6 is 0 Å². The third-order valence-corrected chi connectivity index (χ3v) is 4.09. The zero-order chi connectivity index (χ0) is 18.2. The molecule has 3 atom stereocenters. The smallest absolute Gasteiger partial charge is 0.177 e. The molecule has 0 aromatic rings. The molecule has 0 spiro atoms. The molecule has 0 aromatic carbocycles. The molecule has 0 bridgehead atoms. The molecule has 1 aliphatic rings. The van der Waals surface area contributed by atoms with Crippen LogP contribution in [0.5, 0.6) is 0 Å².